The van der Waals surface area contributed by atoms with E-state index in [0.717, 1.165) is 38.9 Å². The molecule has 2 aliphatic rings. The number of amides is 1. The fourth-order valence-electron chi connectivity index (χ4n) is 2.53. The van der Waals surface area contributed by atoms with Gasteiger partial charge >= 0.3 is 0 Å². The molecule has 1 aliphatic carbocycles. The smallest absolute Gasteiger partial charge is 0.223 e. The molecule has 2 fully saturated rings. The average molecular weight is 241 g/mol. The number of rotatable bonds is 4. The van der Waals surface area contributed by atoms with Crippen LogP contribution in [0.3, 0.4) is 0 Å². The van der Waals surface area contributed by atoms with Gasteiger partial charge in [-0.25, -0.2) is 0 Å². The van der Waals surface area contributed by atoms with Gasteiger partial charge in [-0.1, -0.05) is 19.3 Å². The molecule has 4 nitrogen and oxygen atoms in total. The molecule has 98 valence electrons. The molecule has 0 aromatic carbocycles. The summed E-state index contributed by atoms with van der Waals surface area (Å²) in [6.45, 7) is 2.22. The quantitative estimate of drug-likeness (QED) is 0.817. The van der Waals surface area contributed by atoms with Crippen molar-refractivity contribution < 1.29 is 14.3 Å². The lowest BCUT2D eigenvalue weighted by Gasteiger charge is -2.24. The number of carbonyl (C=O) groups is 1. The highest BCUT2D eigenvalue weighted by Gasteiger charge is 2.21. The number of carbonyl (C=O) groups excluding carboxylic acids is 1. The fraction of sp³-hybridized carbons (Fsp3) is 0.923. The van der Waals surface area contributed by atoms with Gasteiger partial charge in [0.1, 0.15) is 0 Å². The zero-order valence-corrected chi connectivity index (χ0v) is 10.5. The molecule has 2 rings (SSSR count). The highest BCUT2D eigenvalue weighted by molar-refractivity contribution is 5.78. The average Bonchev–Trinajstić information content (AvgIpc) is 2.41. The maximum absolute atomic E-state index is 11.8. The monoisotopic (exact) mass is 241 g/mol. The van der Waals surface area contributed by atoms with E-state index in [4.69, 9.17) is 9.47 Å². The van der Waals surface area contributed by atoms with Crippen LogP contribution in [0.25, 0.3) is 0 Å². The Kier molecular flexibility index (Phi) is 5.26. The molecular weight excluding hydrogens is 218 g/mol. The van der Waals surface area contributed by atoms with Crippen molar-refractivity contribution in [3.05, 3.63) is 0 Å². The Bertz CT molecular complexity index is 233. The molecule has 0 spiro atoms. The van der Waals surface area contributed by atoms with Gasteiger partial charge in [0.05, 0.1) is 13.2 Å². The van der Waals surface area contributed by atoms with E-state index in [1.165, 1.54) is 19.3 Å². The van der Waals surface area contributed by atoms with Crippen LogP contribution < -0.4 is 5.32 Å². The van der Waals surface area contributed by atoms with Crippen LogP contribution in [-0.4, -0.2) is 32.0 Å². The summed E-state index contributed by atoms with van der Waals surface area (Å²) in [5.41, 5.74) is 0. The molecule has 1 heterocycles. The Morgan fingerprint density at radius 2 is 1.76 bits per heavy atom. The van der Waals surface area contributed by atoms with Crippen LogP contribution >= 0.6 is 0 Å². The first-order valence-electron chi connectivity index (χ1n) is 6.87. The molecule has 0 unspecified atom stereocenters. The summed E-state index contributed by atoms with van der Waals surface area (Å²) < 4.78 is 10.9. The van der Waals surface area contributed by atoms with Gasteiger partial charge in [-0.15, -0.1) is 0 Å². The van der Waals surface area contributed by atoms with Gasteiger partial charge < -0.3 is 14.8 Å². The molecule has 4 heteroatoms. The predicted molar refractivity (Wildman–Crippen MR) is 64.5 cm³/mol. The second kappa shape index (κ2) is 6.97. The number of nitrogens with one attached hydrogen (secondary N) is 1. The summed E-state index contributed by atoms with van der Waals surface area (Å²) in [6, 6.07) is 0. The second-order valence-electron chi connectivity index (χ2n) is 4.94. The van der Waals surface area contributed by atoms with E-state index in [0.29, 0.717) is 6.54 Å². The molecular formula is C13H23NO3. The van der Waals surface area contributed by atoms with Gasteiger partial charge in [0, 0.05) is 18.9 Å². The summed E-state index contributed by atoms with van der Waals surface area (Å²) in [5.74, 6) is 0.470. The minimum atomic E-state index is -0.115. The van der Waals surface area contributed by atoms with Crippen LogP contribution in [0.4, 0.5) is 0 Å². The molecule has 1 aliphatic heterocycles. The van der Waals surface area contributed by atoms with E-state index in [9.17, 15) is 4.79 Å². The molecule has 0 aromatic rings. The Labute approximate surface area is 103 Å². The SMILES string of the molecule is O=C(NCCC1OCCCO1)C1CCCCC1. The van der Waals surface area contributed by atoms with Crippen molar-refractivity contribution in [1.82, 2.24) is 5.32 Å². The van der Waals surface area contributed by atoms with E-state index >= 15 is 0 Å². The molecule has 17 heavy (non-hydrogen) atoms. The Hall–Kier alpha value is -0.610. The highest BCUT2D eigenvalue weighted by atomic mass is 16.7. The Balaban J connectivity index is 1.58. The largest absolute Gasteiger partial charge is 0.356 e. The normalized spacial score (nSPS) is 23.5. The van der Waals surface area contributed by atoms with E-state index in [1.807, 2.05) is 0 Å². The lowest BCUT2D eigenvalue weighted by atomic mass is 9.89. The van der Waals surface area contributed by atoms with Gasteiger partial charge in [-0.3, -0.25) is 4.79 Å². The summed E-state index contributed by atoms with van der Waals surface area (Å²) in [4.78, 5) is 11.8. The Morgan fingerprint density at radius 3 is 2.47 bits per heavy atom. The Morgan fingerprint density at radius 1 is 1.06 bits per heavy atom. The van der Waals surface area contributed by atoms with Gasteiger partial charge in [0.2, 0.25) is 5.91 Å². The number of ether oxygens (including phenoxy) is 2. The van der Waals surface area contributed by atoms with Crippen LogP contribution in [0.5, 0.6) is 0 Å². The first-order valence-corrected chi connectivity index (χ1v) is 6.87. The van der Waals surface area contributed by atoms with Gasteiger partial charge in [0.15, 0.2) is 6.29 Å². The van der Waals surface area contributed by atoms with Crippen LogP contribution in [0.2, 0.25) is 0 Å². The number of hydrogen-bond acceptors (Lipinski definition) is 3. The van der Waals surface area contributed by atoms with Crippen molar-refractivity contribution in [3.63, 3.8) is 0 Å². The molecule has 0 aromatic heterocycles. The molecule has 0 radical (unpaired) electrons. The molecule has 1 N–H and O–H groups in total. The lowest BCUT2D eigenvalue weighted by molar-refractivity contribution is -0.180. The standard InChI is InChI=1S/C13H23NO3/c15-13(11-5-2-1-3-6-11)14-8-7-12-16-9-4-10-17-12/h11-12H,1-10H2,(H,14,15). The highest BCUT2D eigenvalue weighted by Crippen LogP contribution is 2.23. The first kappa shape index (κ1) is 12.8. The zero-order valence-electron chi connectivity index (χ0n) is 10.5. The van der Waals surface area contributed by atoms with Crippen molar-refractivity contribution in [2.45, 2.75) is 51.2 Å². The van der Waals surface area contributed by atoms with Crippen LogP contribution in [-0.2, 0) is 14.3 Å². The van der Waals surface area contributed by atoms with Gasteiger partial charge in [0.25, 0.3) is 0 Å². The topological polar surface area (TPSA) is 47.6 Å². The van der Waals surface area contributed by atoms with Crippen molar-refractivity contribution in [2.75, 3.05) is 19.8 Å². The number of hydrogen-bond donors (Lipinski definition) is 1. The zero-order chi connectivity index (χ0) is 11.9. The molecule has 1 amide bonds. The van der Waals surface area contributed by atoms with Crippen molar-refractivity contribution in [3.8, 4) is 0 Å². The van der Waals surface area contributed by atoms with E-state index in [1.54, 1.807) is 0 Å². The van der Waals surface area contributed by atoms with Crippen molar-refractivity contribution in [2.24, 2.45) is 5.92 Å². The third kappa shape index (κ3) is 4.28. The molecule has 0 atom stereocenters. The van der Waals surface area contributed by atoms with E-state index in [-0.39, 0.29) is 18.1 Å². The third-order valence-electron chi connectivity index (χ3n) is 3.55. The van der Waals surface area contributed by atoms with Crippen molar-refractivity contribution >= 4 is 5.91 Å². The summed E-state index contributed by atoms with van der Waals surface area (Å²) >= 11 is 0. The van der Waals surface area contributed by atoms with Crippen LogP contribution in [0.15, 0.2) is 0 Å². The van der Waals surface area contributed by atoms with E-state index in [2.05, 4.69) is 5.32 Å². The van der Waals surface area contributed by atoms with Gasteiger partial charge in [-0.2, -0.15) is 0 Å². The summed E-state index contributed by atoms with van der Waals surface area (Å²) in [5, 5.41) is 3.00. The molecule has 1 saturated heterocycles. The van der Waals surface area contributed by atoms with Crippen molar-refractivity contribution in [1.29, 1.82) is 0 Å². The summed E-state index contributed by atoms with van der Waals surface area (Å²) in [7, 11) is 0. The predicted octanol–water partition coefficient (Wildman–Crippen LogP) is 1.84. The van der Waals surface area contributed by atoms with E-state index < -0.39 is 0 Å². The first-order chi connectivity index (χ1) is 8.36. The fourth-order valence-corrected chi connectivity index (χ4v) is 2.53. The van der Waals surface area contributed by atoms with Crippen LogP contribution in [0.1, 0.15) is 44.9 Å². The third-order valence-corrected chi connectivity index (χ3v) is 3.55. The van der Waals surface area contributed by atoms with Gasteiger partial charge in [-0.05, 0) is 19.3 Å². The minimum Gasteiger partial charge on any atom is -0.356 e. The minimum absolute atomic E-state index is 0.115. The maximum atomic E-state index is 11.8. The molecule has 1 saturated carbocycles. The van der Waals surface area contributed by atoms with Crippen LogP contribution in [0, 0.1) is 5.92 Å². The second-order valence-corrected chi connectivity index (χ2v) is 4.94. The lowest BCUT2D eigenvalue weighted by Crippen LogP contribution is -2.35. The summed E-state index contributed by atoms with van der Waals surface area (Å²) in [6.07, 6.45) is 7.43. The molecule has 0 bridgehead atoms. The maximum Gasteiger partial charge on any atom is 0.223 e.